The highest BCUT2D eigenvalue weighted by atomic mass is 32.3. The van der Waals surface area contributed by atoms with Crippen LogP contribution < -0.4 is 4.18 Å². The average Bonchev–Trinajstić information content (AvgIpc) is 3.22. The van der Waals surface area contributed by atoms with Crippen molar-refractivity contribution in [1.82, 2.24) is 0 Å². The number of phenols is 1. The lowest BCUT2D eigenvalue weighted by atomic mass is 9.36. The van der Waals surface area contributed by atoms with Gasteiger partial charge in [-0.05, 0) is 135 Å². The number of hydrogen-bond acceptors (Lipinski definition) is 5. The fourth-order valence-corrected chi connectivity index (χ4v) is 12.8. The van der Waals surface area contributed by atoms with E-state index >= 15 is 0 Å². The van der Waals surface area contributed by atoms with Crippen molar-refractivity contribution >= 4 is 10.4 Å². The minimum atomic E-state index is -4.69. The van der Waals surface area contributed by atoms with Crippen LogP contribution in [0.3, 0.4) is 0 Å². The summed E-state index contributed by atoms with van der Waals surface area (Å²) in [5, 5.41) is 22.7. The summed E-state index contributed by atoms with van der Waals surface area (Å²) >= 11 is 0. The molecule has 0 amide bonds. The number of aliphatic hydroxyl groups excluding tert-OH is 1. The van der Waals surface area contributed by atoms with Crippen LogP contribution in [0.1, 0.15) is 124 Å². The van der Waals surface area contributed by atoms with E-state index in [0.29, 0.717) is 24.2 Å². The lowest BCUT2D eigenvalue weighted by Crippen LogP contribution is -2.63. The highest BCUT2D eigenvalue weighted by Crippen LogP contribution is 2.74. The van der Waals surface area contributed by atoms with Crippen LogP contribution in [0, 0.1) is 45.3 Å². The molecule has 1 aromatic rings. The maximum atomic E-state index is 11.8. The number of rotatable bonds is 5. The number of hydrogen-bond donors (Lipinski definition) is 3. The third-order valence-electron chi connectivity index (χ3n) is 14.5. The maximum absolute atomic E-state index is 11.8. The van der Waals surface area contributed by atoms with E-state index in [4.69, 9.17) is 4.18 Å². The Labute approximate surface area is 259 Å². The van der Waals surface area contributed by atoms with E-state index in [0.717, 1.165) is 62.5 Å². The molecule has 5 aliphatic rings. The van der Waals surface area contributed by atoms with Gasteiger partial charge in [-0.3, -0.25) is 4.55 Å². The number of phenolic OH excluding ortho intramolecular Hbond substituents is 1. The summed E-state index contributed by atoms with van der Waals surface area (Å²) in [5.74, 6) is 2.02. The smallest absolute Gasteiger partial charge is 0.446 e. The van der Waals surface area contributed by atoms with E-state index in [2.05, 4.69) is 54.5 Å². The van der Waals surface area contributed by atoms with Crippen LogP contribution in [-0.4, -0.2) is 29.3 Å². The fraction of sp³-hybridized carbons (Fsp3) is 0.778. The number of benzene rings is 1. The largest absolute Gasteiger partial charge is 0.508 e. The molecule has 6 nitrogen and oxygen atoms in total. The first-order valence-corrected chi connectivity index (χ1v) is 18.1. The molecule has 240 valence electrons. The Hall–Kier alpha value is -1.57. The van der Waals surface area contributed by atoms with Gasteiger partial charge >= 0.3 is 10.4 Å². The molecular weight excluding hydrogens is 560 g/mol. The summed E-state index contributed by atoms with van der Waals surface area (Å²) in [5.41, 5.74) is 2.93. The predicted molar refractivity (Wildman–Crippen MR) is 169 cm³/mol. The van der Waals surface area contributed by atoms with Crippen molar-refractivity contribution in [2.75, 3.05) is 0 Å². The highest BCUT2D eigenvalue weighted by molar-refractivity contribution is 7.81. The number of allylic oxidation sites excluding steroid dienone is 2. The van der Waals surface area contributed by atoms with Gasteiger partial charge in [0.1, 0.15) is 11.5 Å². The second-order valence-corrected chi connectivity index (χ2v) is 18.0. The van der Waals surface area contributed by atoms with Crippen molar-refractivity contribution in [1.29, 1.82) is 0 Å². The van der Waals surface area contributed by atoms with Gasteiger partial charge in [0.2, 0.25) is 0 Å². The Morgan fingerprint density at radius 3 is 2.23 bits per heavy atom. The highest BCUT2D eigenvalue weighted by Gasteiger charge is 2.67. The Kier molecular flexibility index (Phi) is 7.28. The van der Waals surface area contributed by atoms with Crippen molar-refractivity contribution in [3.63, 3.8) is 0 Å². The summed E-state index contributed by atoms with van der Waals surface area (Å²) in [7, 11) is -4.69. The van der Waals surface area contributed by atoms with Gasteiger partial charge in [-0.2, -0.15) is 8.42 Å². The molecule has 6 rings (SSSR count). The van der Waals surface area contributed by atoms with Gasteiger partial charge in [-0.1, -0.05) is 53.2 Å². The second kappa shape index (κ2) is 9.96. The van der Waals surface area contributed by atoms with Crippen LogP contribution in [0.4, 0.5) is 0 Å². The van der Waals surface area contributed by atoms with Gasteiger partial charge in [0.05, 0.1) is 6.10 Å². The van der Waals surface area contributed by atoms with Crippen LogP contribution in [0.25, 0.3) is 0 Å². The van der Waals surface area contributed by atoms with Crippen LogP contribution in [0.5, 0.6) is 11.5 Å². The molecule has 43 heavy (non-hydrogen) atoms. The second-order valence-electron chi connectivity index (χ2n) is 16.9. The molecule has 3 saturated carbocycles. The van der Waals surface area contributed by atoms with Gasteiger partial charge in [0.25, 0.3) is 0 Å². The molecular formula is C36H54O6S. The van der Waals surface area contributed by atoms with Gasteiger partial charge in [0, 0.05) is 16.5 Å². The Bertz CT molecular complexity index is 1430. The summed E-state index contributed by atoms with van der Waals surface area (Å²) in [4.78, 5) is 0. The standard InChI is InChI=1S/C36H54O6S/c1-22-9-8-16-32(2,3)24(22)12-17-35(6)28-13-18-34(5)27(33(28,4)20-15-30(35)38)14-19-36(7)29(34)21-23-25(37)10-11-26(31(23)36)42-43(39,40)41/h9-11,24,27-30,37-38H,8,12-21H2,1-7H3,(H,39,40,41)/t24-,27?,28?,29?,30?,33-,34-,35+,36+/m1/s1. The molecule has 0 radical (unpaired) electrons. The van der Waals surface area contributed by atoms with Crippen molar-refractivity contribution in [3.8, 4) is 11.5 Å². The van der Waals surface area contributed by atoms with Crippen molar-refractivity contribution < 1.29 is 27.4 Å². The molecule has 0 bridgehead atoms. The van der Waals surface area contributed by atoms with Crippen LogP contribution in [0.15, 0.2) is 23.8 Å². The van der Waals surface area contributed by atoms with Crippen molar-refractivity contribution in [2.45, 2.75) is 131 Å². The first kappa shape index (κ1) is 31.4. The first-order valence-electron chi connectivity index (χ1n) is 16.7. The number of fused-ring (bicyclic) bond motifs is 7. The SMILES string of the molecule is CC1=CCCC(C)(C)[C@@H]1CC[C@]1(C)C(O)CC[C@@]2(C)C1CC[C@]1(C)C2CC[C@]2(C)c3c(OS(=O)(=O)O)ccc(O)c3CC12. The molecule has 4 unspecified atom stereocenters. The molecule has 3 fully saturated rings. The van der Waals surface area contributed by atoms with Gasteiger partial charge in [-0.15, -0.1) is 0 Å². The molecule has 0 spiro atoms. The lowest BCUT2D eigenvalue weighted by molar-refractivity contribution is -0.208. The fourth-order valence-electron chi connectivity index (χ4n) is 12.4. The predicted octanol–water partition coefficient (Wildman–Crippen LogP) is 8.16. The Morgan fingerprint density at radius 1 is 0.907 bits per heavy atom. The average molecular weight is 615 g/mol. The monoisotopic (exact) mass is 614 g/mol. The van der Waals surface area contributed by atoms with E-state index in [-0.39, 0.29) is 50.6 Å². The summed E-state index contributed by atoms with van der Waals surface area (Å²) in [6, 6.07) is 2.98. The summed E-state index contributed by atoms with van der Waals surface area (Å²) < 4.78 is 38.2. The van der Waals surface area contributed by atoms with E-state index in [1.54, 1.807) is 0 Å². The molecule has 0 heterocycles. The topological polar surface area (TPSA) is 104 Å². The number of aliphatic hydroxyl groups is 1. The zero-order valence-electron chi connectivity index (χ0n) is 27.4. The van der Waals surface area contributed by atoms with Crippen LogP contribution in [0.2, 0.25) is 0 Å². The van der Waals surface area contributed by atoms with Gasteiger partial charge in [0.15, 0.2) is 0 Å². The third-order valence-corrected chi connectivity index (χ3v) is 14.9. The van der Waals surface area contributed by atoms with Crippen molar-refractivity contribution in [2.24, 2.45) is 45.3 Å². The third kappa shape index (κ3) is 4.64. The van der Waals surface area contributed by atoms with E-state index in [9.17, 15) is 23.2 Å². The summed E-state index contributed by atoms with van der Waals surface area (Å²) in [6.07, 6.45) is 13.3. The van der Waals surface area contributed by atoms with E-state index in [1.165, 1.54) is 30.5 Å². The summed E-state index contributed by atoms with van der Waals surface area (Å²) in [6.45, 7) is 16.7. The Morgan fingerprint density at radius 2 is 1.56 bits per heavy atom. The number of aromatic hydroxyl groups is 1. The zero-order valence-corrected chi connectivity index (χ0v) is 28.2. The molecule has 3 N–H and O–H groups in total. The molecule has 0 aromatic heterocycles. The van der Waals surface area contributed by atoms with Crippen molar-refractivity contribution in [3.05, 3.63) is 34.9 Å². The quantitative estimate of drug-likeness (QED) is 0.228. The molecule has 0 saturated heterocycles. The molecule has 9 atom stereocenters. The minimum Gasteiger partial charge on any atom is -0.508 e. The van der Waals surface area contributed by atoms with E-state index < -0.39 is 10.4 Å². The molecule has 0 aliphatic heterocycles. The zero-order chi connectivity index (χ0) is 31.4. The van der Waals surface area contributed by atoms with Crippen LogP contribution in [-0.2, 0) is 22.2 Å². The molecule has 5 aliphatic carbocycles. The Balaban J connectivity index is 1.32. The van der Waals surface area contributed by atoms with Gasteiger partial charge < -0.3 is 14.4 Å². The van der Waals surface area contributed by atoms with Crippen LogP contribution >= 0.6 is 0 Å². The van der Waals surface area contributed by atoms with Gasteiger partial charge in [-0.25, -0.2) is 0 Å². The lowest BCUT2D eigenvalue weighted by Gasteiger charge is -2.68. The molecule has 7 heteroatoms. The maximum Gasteiger partial charge on any atom is 0.446 e. The normalized spacial score (nSPS) is 43.6. The molecule has 1 aromatic carbocycles. The first-order chi connectivity index (χ1) is 19.9. The van der Waals surface area contributed by atoms with E-state index in [1.807, 2.05) is 0 Å². The minimum absolute atomic E-state index is 0.00699.